The van der Waals surface area contributed by atoms with Gasteiger partial charge in [-0.05, 0) is 35.7 Å². The highest BCUT2D eigenvalue weighted by molar-refractivity contribution is 9.10. The average molecular weight is 318 g/mol. The molecule has 3 heteroatoms. The molecule has 98 valence electrons. The molecular formula is C16H16BrNO. The van der Waals surface area contributed by atoms with Crippen molar-refractivity contribution >= 4 is 15.9 Å². The average Bonchev–Trinajstić information content (AvgIpc) is 2.84. The Labute approximate surface area is 121 Å². The van der Waals surface area contributed by atoms with Gasteiger partial charge >= 0.3 is 0 Å². The number of ether oxygens (including phenoxy) is 1. The second kappa shape index (κ2) is 4.99. The molecule has 19 heavy (non-hydrogen) atoms. The van der Waals surface area contributed by atoms with E-state index in [1.54, 1.807) is 0 Å². The van der Waals surface area contributed by atoms with Crippen LogP contribution in [-0.2, 0) is 6.42 Å². The summed E-state index contributed by atoms with van der Waals surface area (Å²) in [6, 6.07) is 12.4. The van der Waals surface area contributed by atoms with E-state index in [0.717, 1.165) is 34.4 Å². The fourth-order valence-electron chi connectivity index (χ4n) is 2.61. The van der Waals surface area contributed by atoms with E-state index in [4.69, 9.17) is 10.5 Å². The smallest absolute Gasteiger partial charge is 0.127 e. The van der Waals surface area contributed by atoms with Gasteiger partial charge in [-0.1, -0.05) is 40.2 Å². The van der Waals surface area contributed by atoms with E-state index in [1.807, 2.05) is 0 Å². The van der Waals surface area contributed by atoms with Crippen molar-refractivity contribution in [3.8, 4) is 5.75 Å². The predicted octanol–water partition coefficient (Wildman–Crippen LogP) is 3.74. The third kappa shape index (κ3) is 2.40. The summed E-state index contributed by atoms with van der Waals surface area (Å²) in [6.07, 6.45) is 0.980. The van der Waals surface area contributed by atoms with Crippen LogP contribution < -0.4 is 10.5 Å². The molecule has 2 aromatic rings. The first-order chi connectivity index (χ1) is 9.15. The number of hydrogen-bond acceptors (Lipinski definition) is 2. The van der Waals surface area contributed by atoms with Gasteiger partial charge in [0, 0.05) is 16.5 Å². The third-order valence-corrected chi connectivity index (χ3v) is 3.96. The van der Waals surface area contributed by atoms with E-state index in [0.29, 0.717) is 0 Å². The molecule has 0 radical (unpaired) electrons. The lowest BCUT2D eigenvalue weighted by atomic mass is 9.96. The lowest BCUT2D eigenvalue weighted by Gasteiger charge is -2.17. The summed E-state index contributed by atoms with van der Waals surface area (Å²) < 4.78 is 6.80. The normalized spacial score (nSPS) is 14.9. The zero-order valence-electron chi connectivity index (χ0n) is 10.8. The summed E-state index contributed by atoms with van der Waals surface area (Å²) >= 11 is 3.53. The first kappa shape index (κ1) is 12.7. The van der Waals surface area contributed by atoms with E-state index in [9.17, 15) is 0 Å². The number of hydrogen-bond donors (Lipinski definition) is 1. The van der Waals surface area contributed by atoms with Crippen LogP contribution in [0.5, 0.6) is 5.75 Å². The topological polar surface area (TPSA) is 35.2 Å². The first-order valence-corrected chi connectivity index (χ1v) is 7.22. The number of halogens is 1. The van der Waals surface area contributed by atoms with Gasteiger partial charge in [-0.15, -0.1) is 0 Å². The zero-order chi connectivity index (χ0) is 13.4. The molecule has 0 fully saturated rings. The highest BCUT2D eigenvalue weighted by Crippen LogP contribution is 2.35. The molecule has 2 aromatic carbocycles. The number of aryl methyl sites for hydroxylation is 1. The number of nitrogens with two attached hydrogens (primary N) is 1. The number of benzene rings is 2. The van der Waals surface area contributed by atoms with Gasteiger partial charge in [0.25, 0.3) is 0 Å². The summed E-state index contributed by atoms with van der Waals surface area (Å²) in [4.78, 5) is 0. The minimum absolute atomic E-state index is 0.149. The first-order valence-electron chi connectivity index (χ1n) is 6.42. The fraction of sp³-hybridized carbons (Fsp3) is 0.250. The van der Waals surface area contributed by atoms with Crippen molar-refractivity contribution in [2.24, 2.45) is 5.73 Å². The largest absolute Gasteiger partial charge is 0.493 e. The summed E-state index contributed by atoms with van der Waals surface area (Å²) in [5.74, 6) is 0.979. The predicted molar refractivity (Wildman–Crippen MR) is 80.6 cm³/mol. The molecular weight excluding hydrogens is 302 g/mol. The Balaban J connectivity index is 2.04. The second-order valence-electron chi connectivity index (χ2n) is 4.97. The van der Waals surface area contributed by atoms with Crippen molar-refractivity contribution in [2.75, 3.05) is 6.61 Å². The molecule has 1 aliphatic rings. The molecule has 0 aliphatic carbocycles. The monoisotopic (exact) mass is 317 g/mol. The molecule has 1 aliphatic heterocycles. The highest BCUT2D eigenvalue weighted by Gasteiger charge is 2.21. The Morgan fingerprint density at radius 3 is 2.89 bits per heavy atom. The van der Waals surface area contributed by atoms with Crippen LogP contribution in [0, 0.1) is 6.92 Å². The molecule has 0 amide bonds. The van der Waals surface area contributed by atoms with Gasteiger partial charge in [-0.3, -0.25) is 0 Å². The van der Waals surface area contributed by atoms with E-state index < -0.39 is 0 Å². The van der Waals surface area contributed by atoms with E-state index in [-0.39, 0.29) is 6.04 Å². The van der Waals surface area contributed by atoms with Crippen LogP contribution in [0.3, 0.4) is 0 Å². The SMILES string of the molecule is Cc1cc(Br)cc(C(N)c2cccc3c2OCC3)c1. The van der Waals surface area contributed by atoms with Gasteiger partial charge in [0.1, 0.15) is 5.75 Å². The number of para-hydroxylation sites is 1. The van der Waals surface area contributed by atoms with Crippen LogP contribution in [0.15, 0.2) is 40.9 Å². The third-order valence-electron chi connectivity index (χ3n) is 3.50. The van der Waals surface area contributed by atoms with E-state index in [1.165, 1.54) is 11.1 Å². The summed E-state index contributed by atoms with van der Waals surface area (Å²) in [5.41, 5.74) is 11.1. The molecule has 1 heterocycles. The second-order valence-corrected chi connectivity index (χ2v) is 5.89. The lowest BCUT2D eigenvalue weighted by molar-refractivity contribution is 0.352. The summed E-state index contributed by atoms with van der Waals surface area (Å²) in [7, 11) is 0. The quantitative estimate of drug-likeness (QED) is 0.915. The van der Waals surface area contributed by atoms with Crippen LogP contribution in [0.4, 0.5) is 0 Å². The Kier molecular flexibility index (Phi) is 3.33. The minimum Gasteiger partial charge on any atom is -0.493 e. The van der Waals surface area contributed by atoms with Gasteiger partial charge in [0.2, 0.25) is 0 Å². The van der Waals surface area contributed by atoms with E-state index >= 15 is 0 Å². The van der Waals surface area contributed by atoms with Crippen LogP contribution in [0.25, 0.3) is 0 Å². The van der Waals surface area contributed by atoms with Gasteiger partial charge in [0.15, 0.2) is 0 Å². The van der Waals surface area contributed by atoms with Gasteiger partial charge in [0.05, 0.1) is 12.6 Å². The molecule has 0 spiro atoms. The van der Waals surface area contributed by atoms with Crippen molar-refractivity contribution < 1.29 is 4.74 Å². The summed E-state index contributed by atoms with van der Waals surface area (Å²) in [6.45, 7) is 2.84. The van der Waals surface area contributed by atoms with Crippen molar-refractivity contribution in [3.05, 3.63) is 63.1 Å². The van der Waals surface area contributed by atoms with Gasteiger partial charge in [-0.25, -0.2) is 0 Å². The number of rotatable bonds is 2. The molecule has 2 N–H and O–H groups in total. The Hall–Kier alpha value is -1.32. The molecule has 0 saturated carbocycles. The van der Waals surface area contributed by atoms with Crippen molar-refractivity contribution in [2.45, 2.75) is 19.4 Å². The lowest BCUT2D eigenvalue weighted by Crippen LogP contribution is -2.13. The number of fused-ring (bicyclic) bond motifs is 1. The van der Waals surface area contributed by atoms with Gasteiger partial charge < -0.3 is 10.5 Å². The highest BCUT2D eigenvalue weighted by atomic mass is 79.9. The molecule has 2 nitrogen and oxygen atoms in total. The van der Waals surface area contributed by atoms with Crippen molar-refractivity contribution in [1.29, 1.82) is 0 Å². The maximum Gasteiger partial charge on any atom is 0.127 e. The molecule has 1 atom stereocenters. The minimum atomic E-state index is -0.149. The Morgan fingerprint density at radius 1 is 1.26 bits per heavy atom. The van der Waals surface area contributed by atoms with Crippen LogP contribution in [0.1, 0.15) is 28.3 Å². The Bertz CT molecular complexity index is 604. The maximum absolute atomic E-state index is 6.43. The molecule has 3 rings (SSSR count). The van der Waals surface area contributed by atoms with Crippen LogP contribution in [-0.4, -0.2) is 6.61 Å². The van der Waals surface area contributed by atoms with Crippen molar-refractivity contribution in [1.82, 2.24) is 0 Å². The zero-order valence-corrected chi connectivity index (χ0v) is 12.4. The maximum atomic E-state index is 6.43. The molecule has 0 bridgehead atoms. The van der Waals surface area contributed by atoms with E-state index in [2.05, 4.69) is 59.3 Å². The standard InChI is InChI=1S/C16H16BrNO/c1-10-7-12(9-13(17)8-10)15(18)14-4-2-3-11-5-6-19-16(11)14/h2-4,7-9,15H,5-6,18H2,1H3. The molecule has 1 unspecified atom stereocenters. The fourth-order valence-corrected chi connectivity index (χ4v) is 3.23. The molecule has 0 aromatic heterocycles. The molecule has 0 saturated heterocycles. The Morgan fingerprint density at radius 2 is 2.11 bits per heavy atom. The summed E-state index contributed by atoms with van der Waals surface area (Å²) in [5, 5.41) is 0. The van der Waals surface area contributed by atoms with Crippen molar-refractivity contribution in [3.63, 3.8) is 0 Å². The van der Waals surface area contributed by atoms with Gasteiger partial charge in [-0.2, -0.15) is 0 Å². The van der Waals surface area contributed by atoms with Crippen LogP contribution >= 0.6 is 15.9 Å². The van der Waals surface area contributed by atoms with Crippen LogP contribution in [0.2, 0.25) is 0 Å².